The fourth-order valence-electron chi connectivity index (χ4n) is 0.842. The van der Waals surface area contributed by atoms with Gasteiger partial charge in [-0.25, -0.2) is 4.79 Å². The molecule has 0 aliphatic rings. The fourth-order valence-corrected chi connectivity index (χ4v) is 1.46. The quantitative estimate of drug-likeness (QED) is 0.470. The largest absolute Gasteiger partial charge is 0.511 e. The molecule has 15 heavy (non-hydrogen) atoms. The van der Waals surface area contributed by atoms with E-state index in [0.29, 0.717) is 0 Å². The highest BCUT2D eigenvalue weighted by molar-refractivity contribution is 7.86. The van der Waals surface area contributed by atoms with Crippen LogP contribution < -0.4 is 4.74 Å². The van der Waals surface area contributed by atoms with E-state index in [1.807, 2.05) is 0 Å². The maximum atomic E-state index is 10.7. The van der Waals surface area contributed by atoms with Crippen molar-refractivity contribution >= 4 is 28.7 Å². The van der Waals surface area contributed by atoms with Gasteiger partial charge in [0.05, 0.1) is 0 Å². The number of carboxylic acid groups (broad SMARTS) is 1. The van der Waals surface area contributed by atoms with Crippen LogP contribution in [0.1, 0.15) is 0 Å². The average Bonchev–Trinajstić information content (AvgIpc) is 2.01. The highest BCUT2D eigenvalue weighted by Gasteiger charge is 2.17. The molecule has 0 aliphatic heterocycles. The maximum Gasteiger partial charge on any atom is 0.511 e. The van der Waals surface area contributed by atoms with E-state index in [4.69, 9.17) is 9.66 Å². The van der Waals surface area contributed by atoms with Crippen LogP contribution in [0.5, 0.6) is 5.75 Å². The highest BCUT2D eigenvalue weighted by atomic mass is 35.5. The van der Waals surface area contributed by atoms with Crippen molar-refractivity contribution in [3.05, 3.63) is 24.3 Å². The average molecular weight is 255 g/mol. The molecule has 0 heterocycles. The standard InChI is InChI=1S/C7H6O6S.ClH/c8-7(9)13-5-3-1-2-4-6(5)14(10,11)12;/h1-4H,(H,8,9)(H,10,11,12);1H. The number of hydrogen-bond donors (Lipinski definition) is 2. The first-order chi connectivity index (χ1) is 6.41. The Balaban J connectivity index is 0.00000196. The van der Waals surface area contributed by atoms with Crippen LogP contribution in [0.3, 0.4) is 0 Å². The predicted octanol–water partition coefficient (Wildman–Crippen LogP) is 1.41. The number of ether oxygens (including phenoxy) is 1. The van der Waals surface area contributed by atoms with Gasteiger partial charge in [0.15, 0.2) is 5.75 Å². The molecule has 2 N–H and O–H groups in total. The van der Waals surface area contributed by atoms with Gasteiger partial charge in [-0.2, -0.15) is 8.42 Å². The van der Waals surface area contributed by atoms with E-state index in [-0.39, 0.29) is 12.4 Å². The Labute approximate surface area is 91.6 Å². The maximum absolute atomic E-state index is 10.7. The first kappa shape index (κ1) is 13.7. The SMILES string of the molecule is Cl.O=C(O)Oc1ccccc1S(=O)(=O)O. The molecule has 0 radical (unpaired) electrons. The molecule has 1 aromatic rings. The van der Waals surface area contributed by atoms with Gasteiger partial charge < -0.3 is 9.84 Å². The third-order valence-electron chi connectivity index (χ3n) is 1.32. The molecule has 0 saturated carbocycles. The predicted molar refractivity (Wildman–Crippen MR) is 52.2 cm³/mol. The lowest BCUT2D eigenvalue weighted by Gasteiger charge is -2.03. The van der Waals surface area contributed by atoms with Crippen LogP contribution in [0.25, 0.3) is 0 Å². The molecule has 0 aromatic heterocycles. The Kier molecular flexibility index (Phi) is 4.53. The lowest BCUT2D eigenvalue weighted by atomic mass is 10.3. The third-order valence-corrected chi connectivity index (χ3v) is 2.22. The molecule has 0 unspecified atom stereocenters. The molecule has 0 aliphatic carbocycles. The van der Waals surface area contributed by atoms with Gasteiger partial charge in [-0.1, -0.05) is 12.1 Å². The minimum absolute atomic E-state index is 0. The first-order valence-corrected chi connectivity index (χ1v) is 4.82. The first-order valence-electron chi connectivity index (χ1n) is 3.38. The normalized spacial score (nSPS) is 10.2. The zero-order valence-corrected chi connectivity index (χ0v) is 8.79. The summed E-state index contributed by atoms with van der Waals surface area (Å²) >= 11 is 0. The third kappa shape index (κ3) is 3.74. The molecule has 0 atom stereocenters. The Hall–Kier alpha value is -1.31. The van der Waals surface area contributed by atoms with Crippen LogP contribution >= 0.6 is 12.4 Å². The summed E-state index contributed by atoms with van der Waals surface area (Å²) in [4.78, 5) is 9.57. The molecule has 6 nitrogen and oxygen atoms in total. The van der Waals surface area contributed by atoms with Crippen LogP contribution in [0.4, 0.5) is 4.79 Å². The Morgan fingerprint density at radius 3 is 2.27 bits per heavy atom. The van der Waals surface area contributed by atoms with Gasteiger partial charge in [-0.15, -0.1) is 12.4 Å². The smallest absolute Gasteiger partial charge is 0.449 e. The van der Waals surface area contributed by atoms with Crippen molar-refractivity contribution in [1.29, 1.82) is 0 Å². The van der Waals surface area contributed by atoms with Crippen LogP contribution in [-0.4, -0.2) is 24.2 Å². The number of hydrogen-bond acceptors (Lipinski definition) is 4. The molecule has 0 amide bonds. The second kappa shape index (κ2) is 4.96. The Morgan fingerprint density at radius 2 is 1.80 bits per heavy atom. The molecule has 1 rings (SSSR count). The van der Waals surface area contributed by atoms with Crippen molar-refractivity contribution < 1.29 is 27.6 Å². The van der Waals surface area contributed by atoms with Crippen molar-refractivity contribution in [1.82, 2.24) is 0 Å². The van der Waals surface area contributed by atoms with Crippen molar-refractivity contribution in [2.45, 2.75) is 4.90 Å². The van der Waals surface area contributed by atoms with E-state index in [9.17, 15) is 13.2 Å². The summed E-state index contributed by atoms with van der Waals surface area (Å²) in [6, 6.07) is 4.87. The van der Waals surface area contributed by atoms with Gasteiger partial charge in [-0.3, -0.25) is 4.55 Å². The number of carbonyl (C=O) groups is 1. The molecule has 0 fully saturated rings. The van der Waals surface area contributed by atoms with Gasteiger partial charge in [0.1, 0.15) is 4.90 Å². The summed E-state index contributed by atoms with van der Waals surface area (Å²) in [6.45, 7) is 0. The number of halogens is 1. The monoisotopic (exact) mass is 254 g/mol. The highest BCUT2D eigenvalue weighted by Crippen LogP contribution is 2.22. The molecule has 84 valence electrons. The summed E-state index contributed by atoms with van der Waals surface area (Å²) in [7, 11) is -4.47. The number of rotatable bonds is 2. The number of para-hydroxylation sites is 1. The summed E-state index contributed by atoms with van der Waals surface area (Å²) < 4.78 is 34.3. The second-order valence-electron chi connectivity index (χ2n) is 2.29. The van der Waals surface area contributed by atoms with Gasteiger partial charge in [-0.05, 0) is 12.1 Å². The van der Waals surface area contributed by atoms with Crippen molar-refractivity contribution in [3.63, 3.8) is 0 Å². The Morgan fingerprint density at radius 1 is 1.27 bits per heavy atom. The lowest BCUT2D eigenvalue weighted by molar-refractivity contribution is 0.143. The molecule has 1 aromatic carbocycles. The van der Waals surface area contributed by atoms with E-state index in [2.05, 4.69) is 4.74 Å². The molecule has 0 saturated heterocycles. The summed E-state index contributed by atoms with van der Waals surface area (Å²) in [6.07, 6.45) is -1.65. The van der Waals surface area contributed by atoms with E-state index in [0.717, 1.165) is 12.1 Å². The van der Waals surface area contributed by atoms with Crippen LogP contribution in [0.15, 0.2) is 29.2 Å². The van der Waals surface area contributed by atoms with Gasteiger partial charge in [0.25, 0.3) is 10.1 Å². The summed E-state index contributed by atoms with van der Waals surface area (Å²) in [5.74, 6) is -0.428. The van der Waals surface area contributed by atoms with E-state index < -0.39 is 26.9 Å². The van der Waals surface area contributed by atoms with Crippen molar-refractivity contribution in [2.24, 2.45) is 0 Å². The zero-order chi connectivity index (χ0) is 10.8. The van der Waals surface area contributed by atoms with E-state index in [1.165, 1.54) is 12.1 Å². The van der Waals surface area contributed by atoms with Crippen LogP contribution in [0.2, 0.25) is 0 Å². The lowest BCUT2D eigenvalue weighted by Crippen LogP contribution is -2.07. The van der Waals surface area contributed by atoms with Crippen molar-refractivity contribution in [2.75, 3.05) is 0 Å². The van der Waals surface area contributed by atoms with Gasteiger partial charge in [0.2, 0.25) is 0 Å². The Bertz CT molecular complexity index is 454. The minimum Gasteiger partial charge on any atom is -0.449 e. The molecule has 0 spiro atoms. The van der Waals surface area contributed by atoms with E-state index in [1.54, 1.807) is 0 Å². The second-order valence-corrected chi connectivity index (χ2v) is 3.68. The van der Waals surface area contributed by atoms with E-state index >= 15 is 0 Å². The molecule has 0 bridgehead atoms. The minimum atomic E-state index is -4.47. The fraction of sp³-hybridized carbons (Fsp3) is 0. The zero-order valence-electron chi connectivity index (χ0n) is 7.15. The molecular formula is C7H7ClO6S. The van der Waals surface area contributed by atoms with Gasteiger partial charge in [0, 0.05) is 0 Å². The van der Waals surface area contributed by atoms with Crippen LogP contribution in [-0.2, 0) is 10.1 Å². The molecular weight excluding hydrogens is 248 g/mol. The topological polar surface area (TPSA) is 101 Å². The van der Waals surface area contributed by atoms with Crippen molar-refractivity contribution in [3.8, 4) is 5.75 Å². The van der Waals surface area contributed by atoms with Crippen LogP contribution in [0, 0.1) is 0 Å². The summed E-state index contributed by atoms with van der Waals surface area (Å²) in [5.41, 5.74) is 0. The molecule has 8 heteroatoms. The summed E-state index contributed by atoms with van der Waals surface area (Å²) in [5, 5.41) is 8.26. The number of benzene rings is 1. The van der Waals surface area contributed by atoms with Gasteiger partial charge >= 0.3 is 6.16 Å².